The Kier molecular flexibility index (Phi) is 2.70. The fourth-order valence-corrected chi connectivity index (χ4v) is 1.05. The van der Waals surface area contributed by atoms with Crippen molar-refractivity contribution in [2.75, 3.05) is 6.26 Å². The second-order valence-corrected chi connectivity index (χ2v) is 3.59. The van der Waals surface area contributed by atoms with Crippen molar-refractivity contribution in [3.63, 3.8) is 0 Å². The van der Waals surface area contributed by atoms with Crippen LogP contribution in [0.5, 0.6) is 0 Å². The van der Waals surface area contributed by atoms with E-state index in [1.807, 2.05) is 0 Å². The van der Waals surface area contributed by atoms with E-state index in [2.05, 4.69) is 4.72 Å². The van der Waals surface area contributed by atoms with E-state index < -0.39 is 10.0 Å². The van der Waals surface area contributed by atoms with Gasteiger partial charge in [0.25, 0.3) is 0 Å². The Balaban J connectivity index is 4.07. The molecule has 0 amide bonds. The van der Waals surface area contributed by atoms with E-state index in [4.69, 9.17) is 0 Å². The number of hydrogen-bond acceptors (Lipinski definition) is 2. The van der Waals surface area contributed by atoms with Crippen molar-refractivity contribution in [1.29, 1.82) is 0 Å². The van der Waals surface area contributed by atoms with Gasteiger partial charge >= 0.3 is 0 Å². The number of hydrogen-bond donors (Lipinski definition) is 1. The van der Waals surface area contributed by atoms with E-state index in [9.17, 15) is 8.42 Å². The first-order chi connectivity index (χ1) is 3.95. The van der Waals surface area contributed by atoms with Gasteiger partial charge in [0.05, 0.1) is 6.26 Å². The van der Waals surface area contributed by atoms with Gasteiger partial charge in [-0.1, -0.05) is 6.08 Å². The molecule has 9 heavy (non-hydrogen) atoms. The molecule has 0 fully saturated rings. The minimum Gasteiger partial charge on any atom is -0.288 e. The average molecular weight is 149 g/mol. The molecule has 0 spiro atoms. The summed E-state index contributed by atoms with van der Waals surface area (Å²) in [7, 11) is -3.05. The highest BCUT2D eigenvalue weighted by Crippen LogP contribution is 1.86. The minimum absolute atomic E-state index is 0.650. The monoisotopic (exact) mass is 149 g/mol. The van der Waals surface area contributed by atoms with E-state index in [1.165, 1.54) is 0 Å². The maximum atomic E-state index is 10.4. The average Bonchev–Trinajstić information content (AvgIpc) is 1.62. The lowest BCUT2D eigenvalue weighted by Gasteiger charge is -2.00. The molecule has 0 rings (SSSR count). The summed E-state index contributed by atoms with van der Waals surface area (Å²) in [4.78, 5) is 0. The first-order valence-corrected chi connectivity index (χ1v) is 4.45. The molecule has 54 valence electrons. The van der Waals surface area contributed by atoms with E-state index >= 15 is 0 Å². The number of nitrogens with one attached hydrogen (secondary N) is 1. The first-order valence-electron chi connectivity index (χ1n) is 2.56. The van der Waals surface area contributed by atoms with Crippen LogP contribution in [0.3, 0.4) is 0 Å². The Labute approximate surface area is 55.8 Å². The van der Waals surface area contributed by atoms with E-state index in [-0.39, 0.29) is 0 Å². The number of allylic oxidation sites excluding steroid dienone is 2. The molecule has 1 N–H and O–H groups in total. The standard InChI is InChI=1S/C5H11NO2S/c1-4-5(2)6-9(3,7)8/h4,6H,1-3H3. The third kappa shape index (κ3) is 5.36. The van der Waals surface area contributed by atoms with E-state index in [1.54, 1.807) is 19.9 Å². The van der Waals surface area contributed by atoms with E-state index in [0.29, 0.717) is 5.70 Å². The highest BCUT2D eigenvalue weighted by molar-refractivity contribution is 7.88. The summed E-state index contributed by atoms with van der Waals surface area (Å²) in [6, 6.07) is 0. The molecule has 0 heterocycles. The largest absolute Gasteiger partial charge is 0.288 e. The molecule has 0 aliphatic heterocycles. The zero-order chi connectivity index (χ0) is 7.49. The van der Waals surface area contributed by atoms with Crippen LogP contribution in [0.2, 0.25) is 0 Å². The third-order valence-corrected chi connectivity index (χ3v) is 1.47. The molecule has 0 saturated carbocycles. The Bertz CT molecular complexity index is 203. The molecular weight excluding hydrogens is 138 g/mol. The lowest BCUT2D eigenvalue weighted by Crippen LogP contribution is -2.19. The van der Waals surface area contributed by atoms with Crippen molar-refractivity contribution in [2.45, 2.75) is 13.8 Å². The van der Waals surface area contributed by atoms with Crippen molar-refractivity contribution in [2.24, 2.45) is 0 Å². The van der Waals surface area contributed by atoms with Crippen LogP contribution in [0.15, 0.2) is 11.8 Å². The second kappa shape index (κ2) is 2.87. The van der Waals surface area contributed by atoms with Crippen LogP contribution >= 0.6 is 0 Å². The first kappa shape index (κ1) is 8.49. The Morgan fingerprint density at radius 2 is 2.00 bits per heavy atom. The fourth-order valence-electron chi connectivity index (χ4n) is 0.351. The van der Waals surface area contributed by atoms with Gasteiger partial charge in [0.1, 0.15) is 0 Å². The molecule has 0 aliphatic carbocycles. The second-order valence-electron chi connectivity index (χ2n) is 1.85. The molecular formula is C5H11NO2S. The Morgan fingerprint density at radius 3 is 2.11 bits per heavy atom. The SMILES string of the molecule is CC=C(C)NS(C)(=O)=O. The van der Waals surface area contributed by atoms with Gasteiger partial charge in [-0.15, -0.1) is 0 Å². The molecule has 3 nitrogen and oxygen atoms in total. The van der Waals surface area contributed by atoms with Crippen molar-refractivity contribution in [3.8, 4) is 0 Å². The van der Waals surface area contributed by atoms with Crippen molar-refractivity contribution >= 4 is 10.0 Å². The van der Waals surface area contributed by atoms with Gasteiger partial charge in [0.15, 0.2) is 0 Å². The maximum Gasteiger partial charge on any atom is 0.229 e. The normalized spacial score (nSPS) is 13.4. The lowest BCUT2D eigenvalue weighted by atomic mass is 10.5. The smallest absolute Gasteiger partial charge is 0.229 e. The number of sulfonamides is 1. The molecule has 0 unspecified atom stereocenters. The third-order valence-electron chi connectivity index (χ3n) is 0.779. The van der Waals surface area contributed by atoms with Gasteiger partial charge in [-0.05, 0) is 13.8 Å². The topological polar surface area (TPSA) is 46.2 Å². The van der Waals surface area contributed by atoms with Gasteiger partial charge in [-0.2, -0.15) is 0 Å². The van der Waals surface area contributed by atoms with E-state index in [0.717, 1.165) is 6.26 Å². The Morgan fingerprint density at radius 1 is 1.56 bits per heavy atom. The fraction of sp³-hybridized carbons (Fsp3) is 0.600. The predicted molar refractivity (Wildman–Crippen MR) is 37.4 cm³/mol. The van der Waals surface area contributed by atoms with Gasteiger partial charge < -0.3 is 0 Å². The maximum absolute atomic E-state index is 10.4. The Hall–Kier alpha value is -0.510. The van der Waals surface area contributed by atoms with Gasteiger partial charge in [0, 0.05) is 5.70 Å². The van der Waals surface area contributed by atoms with Crippen LogP contribution in [0.4, 0.5) is 0 Å². The summed E-state index contributed by atoms with van der Waals surface area (Å²) in [5, 5.41) is 0. The molecule has 0 aliphatic rings. The van der Waals surface area contributed by atoms with Crippen LogP contribution in [0.25, 0.3) is 0 Å². The highest BCUT2D eigenvalue weighted by atomic mass is 32.2. The lowest BCUT2D eigenvalue weighted by molar-refractivity contribution is 0.594. The van der Waals surface area contributed by atoms with Crippen LogP contribution in [-0.4, -0.2) is 14.7 Å². The molecule has 0 aromatic heterocycles. The summed E-state index contributed by atoms with van der Waals surface area (Å²) in [5.41, 5.74) is 0.650. The highest BCUT2D eigenvalue weighted by Gasteiger charge is 1.96. The van der Waals surface area contributed by atoms with Gasteiger partial charge in [-0.25, -0.2) is 8.42 Å². The number of rotatable bonds is 2. The minimum atomic E-state index is -3.05. The molecule has 0 radical (unpaired) electrons. The molecule has 0 saturated heterocycles. The van der Waals surface area contributed by atoms with Crippen molar-refractivity contribution in [3.05, 3.63) is 11.8 Å². The molecule has 0 aromatic rings. The summed E-state index contributed by atoms with van der Waals surface area (Å²) >= 11 is 0. The van der Waals surface area contributed by atoms with Crippen LogP contribution < -0.4 is 4.72 Å². The molecule has 0 atom stereocenters. The summed E-state index contributed by atoms with van der Waals surface area (Å²) < 4.78 is 23.2. The van der Waals surface area contributed by atoms with Crippen LogP contribution in [-0.2, 0) is 10.0 Å². The molecule has 0 aromatic carbocycles. The van der Waals surface area contributed by atoms with Crippen LogP contribution in [0.1, 0.15) is 13.8 Å². The van der Waals surface area contributed by atoms with Crippen molar-refractivity contribution < 1.29 is 8.42 Å². The quantitative estimate of drug-likeness (QED) is 0.620. The van der Waals surface area contributed by atoms with Gasteiger partial charge in [0.2, 0.25) is 10.0 Å². The molecule has 4 heteroatoms. The molecule has 0 bridgehead atoms. The summed E-state index contributed by atoms with van der Waals surface area (Å²) in [6.45, 7) is 3.47. The summed E-state index contributed by atoms with van der Waals surface area (Å²) in [5.74, 6) is 0. The van der Waals surface area contributed by atoms with Crippen LogP contribution in [0, 0.1) is 0 Å². The predicted octanol–water partition coefficient (Wildman–Crippen LogP) is 0.459. The zero-order valence-electron chi connectivity index (χ0n) is 5.80. The summed E-state index contributed by atoms with van der Waals surface area (Å²) in [6.07, 6.45) is 2.82. The zero-order valence-corrected chi connectivity index (χ0v) is 6.62. The van der Waals surface area contributed by atoms with Gasteiger partial charge in [-0.3, -0.25) is 4.72 Å². The van der Waals surface area contributed by atoms with Crippen molar-refractivity contribution in [1.82, 2.24) is 4.72 Å².